The van der Waals surface area contributed by atoms with Crippen LogP contribution in [-0.4, -0.2) is 25.0 Å². The topological polar surface area (TPSA) is 84.9 Å². The van der Waals surface area contributed by atoms with Crippen LogP contribution < -0.4 is 19.7 Å². The summed E-state index contributed by atoms with van der Waals surface area (Å²) in [6, 6.07) is 17.0. The van der Waals surface area contributed by atoms with Crippen molar-refractivity contribution in [2.45, 2.75) is 13.5 Å². The molecule has 4 rings (SSSR count). The Hall–Kier alpha value is -3.43. The van der Waals surface area contributed by atoms with Crippen molar-refractivity contribution in [3.05, 3.63) is 91.9 Å². The maximum atomic E-state index is 13.2. The fourth-order valence-corrected chi connectivity index (χ4v) is 4.14. The van der Waals surface area contributed by atoms with Gasteiger partial charge in [-0.25, -0.2) is 9.69 Å². The number of barbiturate groups is 1. The minimum atomic E-state index is -0.799. The van der Waals surface area contributed by atoms with Crippen LogP contribution >= 0.6 is 31.9 Å². The van der Waals surface area contributed by atoms with Gasteiger partial charge >= 0.3 is 6.03 Å². The number of nitrogens with one attached hydrogen (secondary N) is 1. The van der Waals surface area contributed by atoms with Crippen LogP contribution in [0.2, 0.25) is 0 Å². The predicted octanol–water partition coefficient (Wildman–Crippen LogP) is 5.77. The van der Waals surface area contributed by atoms with Crippen molar-refractivity contribution in [3.63, 3.8) is 0 Å². The number of urea groups is 1. The van der Waals surface area contributed by atoms with Gasteiger partial charge in [0.1, 0.15) is 12.2 Å². The molecule has 0 aromatic heterocycles. The Morgan fingerprint density at radius 3 is 2.43 bits per heavy atom. The van der Waals surface area contributed by atoms with Gasteiger partial charge in [0.15, 0.2) is 11.5 Å². The molecule has 0 atom stereocenters. The molecule has 35 heavy (non-hydrogen) atoms. The van der Waals surface area contributed by atoms with E-state index in [0.29, 0.717) is 29.4 Å². The number of rotatable bonds is 6. The van der Waals surface area contributed by atoms with E-state index in [0.717, 1.165) is 25.0 Å². The molecule has 1 heterocycles. The Labute approximate surface area is 219 Å². The minimum Gasteiger partial charge on any atom is -0.493 e. The molecule has 3 aromatic rings. The van der Waals surface area contributed by atoms with Crippen LogP contribution in [0.3, 0.4) is 0 Å². The molecule has 0 unspecified atom stereocenters. The molecule has 1 saturated heterocycles. The van der Waals surface area contributed by atoms with Crippen molar-refractivity contribution in [1.82, 2.24) is 5.32 Å². The van der Waals surface area contributed by atoms with E-state index in [9.17, 15) is 14.4 Å². The Bertz CT molecular complexity index is 1370. The van der Waals surface area contributed by atoms with Gasteiger partial charge in [0.2, 0.25) is 0 Å². The largest absolute Gasteiger partial charge is 0.493 e. The van der Waals surface area contributed by atoms with E-state index in [4.69, 9.17) is 9.47 Å². The van der Waals surface area contributed by atoms with Gasteiger partial charge in [0.25, 0.3) is 11.8 Å². The lowest BCUT2D eigenvalue weighted by atomic mass is 10.1. The monoisotopic (exact) mass is 598 g/mol. The summed E-state index contributed by atoms with van der Waals surface area (Å²) in [5.41, 5.74) is 2.54. The first-order valence-corrected chi connectivity index (χ1v) is 12.1. The molecule has 7 nitrogen and oxygen atoms in total. The van der Waals surface area contributed by atoms with E-state index >= 15 is 0 Å². The lowest BCUT2D eigenvalue weighted by Gasteiger charge is -2.26. The van der Waals surface area contributed by atoms with Crippen molar-refractivity contribution in [2.24, 2.45) is 0 Å². The highest BCUT2D eigenvalue weighted by molar-refractivity contribution is 9.10. The van der Waals surface area contributed by atoms with Gasteiger partial charge in [-0.2, -0.15) is 0 Å². The number of ether oxygens (including phenoxy) is 2. The number of anilines is 1. The Morgan fingerprint density at radius 2 is 1.71 bits per heavy atom. The van der Waals surface area contributed by atoms with Crippen molar-refractivity contribution < 1.29 is 23.9 Å². The van der Waals surface area contributed by atoms with Crippen LogP contribution in [0, 0.1) is 6.92 Å². The van der Waals surface area contributed by atoms with Gasteiger partial charge in [-0.15, -0.1) is 0 Å². The van der Waals surface area contributed by atoms with E-state index < -0.39 is 17.8 Å². The van der Waals surface area contributed by atoms with E-state index in [1.165, 1.54) is 13.2 Å². The highest BCUT2D eigenvalue weighted by atomic mass is 79.9. The molecular formula is C26H20Br2N2O5. The molecule has 4 amide bonds. The molecule has 178 valence electrons. The zero-order chi connectivity index (χ0) is 25.1. The molecule has 1 fully saturated rings. The van der Waals surface area contributed by atoms with Crippen molar-refractivity contribution in [1.29, 1.82) is 0 Å². The van der Waals surface area contributed by atoms with Crippen LogP contribution in [0.25, 0.3) is 6.08 Å². The van der Waals surface area contributed by atoms with Gasteiger partial charge in [0, 0.05) is 14.5 Å². The Morgan fingerprint density at radius 1 is 0.943 bits per heavy atom. The smallest absolute Gasteiger partial charge is 0.335 e. The summed E-state index contributed by atoms with van der Waals surface area (Å²) in [6.07, 6.45) is 1.42. The highest BCUT2D eigenvalue weighted by Gasteiger charge is 2.37. The lowest BCUT2D eigenvalue weighted by molar-refractivity contribution is -0.122. The van der Waals surface area contributed by atoms with Crippen LogP contribution in [0.5, 0.6) is 11.5 Å². The third-order valence-corrected chi connectivity index (χ3v) is 7.00. The molecule has 1 aliphatic heterocycles. The third-order valence-electron chi connectivity index (χ3n) is 5.34. The summed E-state index contributed by atoms with van der Waals surface area (Å²) in [5, 5.41) is 2.23. The van der Waals surface area contributed by atoms with Crippen molar-refractivity contribution >= 4 is 61.5 Å². The number of hydrogen-bond acceptors (Lipinski definition) is 5. The quantitative estimate of drug-likeness (QED) is 0.287. The molecule has 0 saturated carbocycles. The first-order chi connectivity index (χ1) is 16.8. The minimum absolute atomic E-state index is 0.172. The average Bonchev–Trinajstić information content (AvgIpc) is 2.83. The fourth-order valence-electron chi connectivity index (χ4n) is 3.49. The third kappa shape index (κ3) is 5.31. The molecule has 0 radical (unpaired) electrons. The number of methoxy groups -OCH3 is 1. The second kappa shape index (κ2) is 10.5. The van der Waals surface area contributed by atoms with E-state index in [1.807, 2.05) is 31.2 Å². The summed E-state index contributed by atoms with van der Waals surface area (Å²) in [7, 11) is 1.51. The molecule has 3 aromatic carbocycles. The number of aryl methyl sites for hydroxylation is 1. The van der Waals surface area contributed by atoms with E-state index in [2.05, 4.69) is 37.2 Å². The lowest BCUT2D eigenvalue weighted by Crippen LogP contribution is -2.54. The fraction of sp³-hybridized carbons (Fsp3) is 0.115. The van der Waals surface area contributed by atoms with E-state index in [-0.39, 0.29) is 5.57 Å². The maximum Gasteiger partial charge on any atom is 0.335 e. The number of carbonyl (C=O) groups is 3. The molecular weight excluding hydrogens is 580 g/mol. The van der Waals surface area contributed by atoms with Gasteiger partial charge < -0.3 is 9.47 Å². The second-order valence-electron chi connectivity index (χ2n) is 7.68. The summed E-state index contributed by atoms with van der Waals surface area (Å²) in [6.45, 7) is 2.16. The number of hydrogen-bond donors (Lipinski definition) is 1. The Balaban J connectivity index is 1.61. The normalized spacial score (nSPS) is 14.8. The Kier molecular flexibility index (Phi) is 7.37. The van der Waals surface area contributed by atoms with Crippen LogP contribution in [0.15, 0.2) is 75.2 Å². The van der Waals surface area contributed by atoms with Gasteiger partial charge in [-0.3, -0.25) is 14.9 Å². The molecule has 1 aliphatic rings. The van der Waals surface area contributed by atoms with Crippen molar-refractivity contribution in [2.75, 3.05) is 12.0 Å². The number of amides is 4. The van der Waals surface area contributed by atoms with Crippen LogP contribution in [-0.2, 0) is 16.2 Å². The maximum absolute atomic E-state index is 13.2. The zero-order valence-corrected chi connectivity index (χ0v) is 22.0. The van der Waals surface area contributed by atoms with Gasteiger partial charge in [0.05, 0.1) is 12.8 Å². The van der Waals surface area contributed by atoms with Gasteiger partial charge in [-0.1, -0.05) is 56.1 Å². The molecule has 0 aliphatic carbocycles. The van der Waals surface area contributed by atoms with Gasteiger partial charge in [-0.05, 0) is 60.5 Å². The number of carbonyl (C=O) groups excluding carboxylic acids is 3. The summed E-state index contributed by atoms with van der Waals surface area (Å²) in [5.74, 6) is -0.537. The number of benzene rings is 3. The summed E-state index contributed by atoms with van der Waals surface area (Å²) >= 11 is 6.90. The SMILES string of the molecule is COc1cc(/C=C2/C(=O)NC(=O)N(c3ccc(Br)c(C)c3)C2=O)ccc1OCc1ccccc1Br. The molecule has 0 bridgehead atoms. The molecule has 0 spiro atoms. The average molecular weight is 600 g/mol. The van der Waals surface area contributed by atoms with Crippen LogP contribution in [0.4, 0.5) is 10.5 Å². The summed E-state index contributed by atoms with van der Waals surface area (Å²) in [4.78, 5) is 39.1. The van der Waals surface area contributed by atoms with Crippen molar-refractivity contribution in [3.8, 4) is 11.5 Å². The number of halogens is 2. The second-order valence-corrected chi connectivity index (χ2v) is 9.39. The highest BCUT2D eigenvalue weighted by Crippen LogP contribution is 2.31. The molecule has 9 heteroatoms. The standard InChI is InChI=1S/C26H20Br2N2O5/c1-15-11-18(8-9-20(15)27)30-25(32)19(24(31)29-26(30)33)12-16-7-10-22(23(13-16)34-2)35-14-17-5-3-4-6-21(17)28/h3-13H,14H2,1-2H3,(H,29,31,33)/b19-12-. The summed E-state index contributed by atoms with van der Waals surface area (Å²) < 4.78 is 13.1. The molecule has 1 N–H and O–H groups in total. The van der Waals surface area contributed by atoms with E-state index in [1.54, 1.807) is 36.4 Å². The zero-order valence-electron chi connectivity index (χ0n) is 18.8. The first kappa shape index (κ1) is 24.7. The first-order valence-electron chi connectivity index (χ1n) is 10.5. The van der Waals surface area contributed by atoms with Crippen LogP contribution in [0.1, 0.15) is 16.7 Å². The number of imide groups is 2. The predicted molar refractivity (Wildman–Crippen MR) is 139 cm³/mol. The number of nitrogens with zero attached hydrogens (tertiary/aromatic N) is 1.